The molecular formula is C8H15NO3S2. The van der Waals surface area contributed by atoms with E-state index in [0.29, 0.717) is 26.1 Å². The minimum Gasteiger partial charge on any atom is -0.392 e. The molecule has 0 saturated carbocycles. The van der Waals surface area contributed by atoms with E-state index >= 15 is 0 Å². The van der Waals surface area contributed by atoms with E-state index in [0.717, 1.165) is 0 Å². The van der Waals surface area contributed by atoms with Crippen molar-refractivity contribution in [1.29, 1.82) is 0 Å². The maximum atomic E-state index is 11.9. The van der Waals surface area contributed by atoms with Gasteiger partial charge in [0.25, 0.3) is 0 Å². The van der Waals surface area contributed by atoms with Gasteiger partial charge in [-0.3, -0.25) is 0 Å². The molecule has 4 nitrogen and oxygen atoms in total. The number of nitrogens with two attached hydrogens (primary N) is 1. The third kappa shape index (κ3) is 1.78. The van der Waals surface area contributed by atoms with Crippen LogP contribution in [-0.4, -0.2) is 37.1 Å². The molecule has 0 aromatic carbocycles. The summed E-state index contributed by atoms with van der Waals surface area (Å²) >= 11 is 4.89. The number of rotatable bonds is 3. The molecule has 0 atom stereocenters. The molecule has 6 heteroatoms. The Labute approximate surface area is 89.7 Å². The van der Waals surface area contributed by atoms with Crippen LogP contribution >= 0.6 is 12.2 Å². The lowest BCUT2D eigenvalue weighted by atomic mass is 9.99. The van der Waals surface area contributed by atoms with E-state index in [9.17, 15) is 8.42 Å². The monoisotopic (exact) mass is 237 g/mol. The third-order valence-corrected chi connectivity index (χ3v) is 5.82. The van der Waals surface area contributed by atoms with Crippen molar-refractivity contribution in [2.24, 2.45) is 5.73 Å². The Hall–Kier alpha value is -0.200. The fourth-order valence-corrected chi connectivity index (χ4v) is 3.92. The van der Waals surface area contributed by atoms with Crippen LogP contribution in [0.15, 0.2) is 0 Å². The zero-order chi connectivity index (χ0) is 10.8. The van der Waals surface area contributed by atoms with Gasteiger partial charge in [-0.2, -0.15) is 0 Å². The Bertz CT molecular complexity index is 317. The Morgan fingerprint density at radius 1 is 1.50 bits per heavy atom. The molecule has 0 spiro atoms. The van der Waals surface area contributed by atoms with E-state index in [1.165, 1.54) is 0 Å². The molecule has 1 rings (SSSR count). The van der Waals surface area contributed by atoms with Crippen molar-refractivity contribution in [1.82, 2.24) is 0 Å². The van der Waals surface area contributed by atoms with Crippen molar-refractivity contribution in [3.63, 3.8) is 0 Å². The van der Waals surface area contributed by atoms with Gasteiger partial charge in [0.1, 0.15) is 4.75 Å². The molecule has 0 amide bonds. The molecule has 1 aliphatic rings. The smallest absolute Gasteiger partial charge is 0.162 e. The number of thiocarbonyl (C=S) groups is 1. The number of hydrogen-bond acceptors (Lipinski definition) is 4. The van der Waals surface area contributed by atoms with Gasteiger partial charge in [-0.1, -0.05) is 19.1 Å². The quantitative estimate of drug-likeness (QED) is 0.713. The van der Waals surface area contributed by atoms with E-state index in [2.05, 4.69) is 0 Å². The molecule has 1 aliphatic heterocycles. The first-order chi connectivity index (χ1) is 6.46. The summed E-state index contributed by atoms with van der Waals surface area (Å²) < 4.78 is 27.9. The summed E-state index contributed by atoms with van der Waals surface area (Å²) in [6, 6.07) is 0. The molecule has 0 radical (unpaired) electrons. The molecular weight excluding hydrogens is 222 g/mol. The highest BCUT2D eigenvalue weighted by Crippen LogP contribution is 2.30. The lowest BCUT2D eigenvalue weighted by Gasteiger charge is -2.35. The number of sulfone groups is 1. The number of ether oxygens (including phenoxy) is 1. The Balaban J connectivity index is 3.10. The predicted molar refractivity (Wildman–Crippen MR) is 59.0 cm³/mol. The molecule has 82 valence electrons. The first-order valence-corrected chi connectivity index (χ1v) is 6.62. The average Bonchev–Trinajstić information content (AvgIpc) is 2.18. The second-order valence-corrected chi connectivity index (χ2v) is 6.40. The summed E-state index contributed by atoms with van der Waals surface area (Å²) in [6.07, 6.45) is 0.775. The Kier molecular flexibility index (Phi) is 3.49. The molecule has 14 heavy (non-hydrogen) atoms. The predicted octanol–water partition coefficient (Wildman–Crippen LogP) is 0.256. The van der Waals surface area contributed by atoms with Gasteiger partial charge in [-0.05, 0) is 12.8 Å². The standard InChI is InChI=1S/C8H15NO3S2/c1-2-14(10,11)8(7(9)13)3-5-12-6-4-8/h2-6H2,1H3,(H2,9,13). The van der Waals surface area contributed by atoms with Gasteiger partial charge in [-0.25, -0.2) is 8.42 Å². The number of hydrogen-bond donors (Lipinski definition) is 1. The van der Waals surface area contributed by atoms with E-state index in [1.54, 1.807) is 6.92 Å². The average molecular weight is 237 g/mol. The van der Waals surface area contributed by atoms with Crippen LogP contribution in [0.4, 0.5) is 0 Å². The van der Waals surface area contributed by atoms with Gasteiger partial charge in [0.05, 0.1) is 4.99 Å². The second kappa shape index (κ2) is 4.12. The first kappa shape index (κ1) is 11.9. The Morgan fingerprint density at radius 3 is 2.36 bits per heavy atom. The zero-order valence-corrected chi connectivity index (χ0v) is 9.79. The van der Waals surface area contributed by atoms with Crippen molar-refractivity contribution >= 4 is 27.0 Å². The highest BCUT2D eigenvalue weighted by molar-refractivity contribution is 7.95. The van der Waals surface area contributed by atoms with Gasteiger partial charge in [0, 0.05) is 19.0 Å². The molecule has 1 saturated heterocycles. The maximum absolute atomic E-state index is 11.9. The van der Waals surface area contributed by atoms with Crippen molar-refractivity contribution in [2.45, 2.75) is 24.5 Å². The SMILES string of the molecule is CCS(=O)(=O)C1(C(N)=S)CCOCC1. The minimum absolute atomic E-state index is 0.0737. The van der Waals surface area contributed by atoms with Crippen LogP contribution in [0, 0.1) is 0 Å². The van der Waals surface area contributed by atoms with E-state index in [1.807, 2.05) is 0 Å². The second-order valence-electron chi connectivity index (χ2n) is 3.37. The lowest BCUT2D eigenvalue weighted by molar-refractivity contribution is 0.0888. The largest absolute Gasteiger partial charge is 0.392 e. The van der Waals surface area contributed by atoms with Gasteiger partial charge in [0.15, 0.2) is 9.84 Å². The van der Waals surface area contributed by atoms with Crippen molar-refractivity contribution in [3.05, 3.63) is 0 Å². The highest BCUT2D eigenvalue weighted by atomic mass is 32.2. The molecule has 0 bridgehead atoms. The van der Waals surface area contributed by atoms with Crippen LogP contribution in [0.5, 0.6) is 0 Å². The van der Waals surface area contributed by atoms with Crippen LogP contribution < -0.4 is 5.73 Å². The summed E-state index contributed by atoms with van der Waals surface area (Å²) in [5, 5.41) is 0. The summed E-state index contributed by atoms with van der Waals surface area (Å²) in [4.78, 5) is 0.0858. The Morgan fingerprint density at radius 2 is 2.00 bits per heavy atom. The fraction of sp³-hybridized carbons (Fsp3) is 0.875. The molecule has 0 aromatic rings. The zero-order valence-electron chi connectivity index (χ0n) is 8.15. The summed E-state index contributed by atoms with van der Waals surface area (Å²) in [6.45, 7) is 2.44. The van der Waals surface area contributed by atoms with Crippen molar-refractivity contribution in [3.8, 4) is 0 Å². The van der Waals surface area contributed by atoms with E-state index < -0.39 is 14.6 Å². The lowest BCUT2D eigenvalue weighted by Crippen LogP contribution is -2.53. The molecule has 0 aromatic heterocycles. The molecule has 0 unspecified atom stereocenters. The summed E-state index contributed by atoms with van der Waals surface area (Å²) in [5.74, 6) is 0.0737. The van der Waals surface area contributed by atoms with Crippen LogP contribution in [0.2, 0.25) is 0 Å². The maximum Gasteiger partial charge on any atom is 0.162 e. The van der Waals surface area contributed by atoms with Crippen LogP contribution in [0.1, 0.15) is 19.8 Å². The van der Waals surface area contributed by atoms with E-state index in [-0.39, 0.29) is 10.7 Å². The van der Waals surface area contributed by atoms with Crippen LogP contribution in [0.25, 0.3) is 0 Å². The summed E-state index contributed by atoms with van der Waals surface area (Å²) in [7, 11) is -3.23. The van der Waals surface area contributed by atoms with Crippen molar-refractivity contribution < 1.29 is 13.2 Å². The fourth-order valence-electron chi connectivity index (χ4n) is 1.69. The molecule has 0 aliphatic carbocycles. The van der Waals surface area contributed by atoms with Crippen LogP contribution in [-0.2, 0) is 14.6 Å². The highest BCUT2D eigenvalue weighted by Gasteiger charge is 2.46. The van der Waals surface area contributed by atoms with E-state index in [4.69, 9.17) is 22.7 Å². The van der Waals surface area contributed by atoms with Gasteiger partial charge in [0.2, 0.25) is 0 Å². The first-order valence-electron chi connectivity index (χ1n) is 4.56. The van der Waals surface area contributed by atoms with Gasteiger partial charge in [-0.15, -0.1) is 0 Å². The third-order valence-electron chi connectivity index (χ3n) is 2.72. The van der Waals surface area contributed by atoms with Gasteiger partial charge < -0.3 is 10.5 Å². The molecule has 1 fully saturated rings. The summed E-state index contributed by atoms with van der Waals surface area (Å²) in [5.41, 5.74) is 5.56. The normalized spacial score (nSPS) is 21.8. The molecule has 2 N–H and O–H groups in total. The minimum atomic E-state index is -3.23. The molecule has 1 heterocycles. The van der Waals surface area contributed by atoms with Gasteiger partial charge >= 0.3 is 0 Å². The topological polar surface area (TPSA) is 69.4 Å². The van der Waals surface area contributed by atoms with Crippen LogP contribution in [0.3, 0.4) is 0 Å². The van der Waals surface area contributed by atoms with Crippen molar-refractivity contribution in [2.75, 3.05) is 19.0 Å².